The van der Waals surface area contributed by atoms with Gasteiger partial charge in [0.2, 0.25) is 0 Å². The number of carbonyl (C=O) groups excluding carboxylic acids is 1. The van der Waals surface area contributed by atoms with Gasteiger partial charge in [0.15, 0.2) is 11.5 Å². The molecule has 0 fully saturated rings. The maximum atomic E-state index is 14.1. The average Bonchev–Trinajstić information content (AvgIpc) is 2.76. The number of benzene rings is 2. The van der Waals surface area contributed by atoms with Crippen molar-refractivity contribution in [1.29, 1.82) is 0 Å². The number of esters is 1. The summed E-state index contributed by atoms with van der Waals surface area (Å²) in [4.78, 5) is 12.2. The molecule has 0 radical (unpaired) electrons. The second-order valence-electron chi connectivity index (χ2n) is 6.97. The van der Waals surface area contributed by atoms with E-state index in [0.717, 1.165) is 10.0 Å². The Kier molecular flexibility index (Phi) is 9.08. The highest BCUT2D eigenvalue weighted by Crippen LogP contribution is 2.35. The second-order valence-corrected chi connectivity index (χ2v) is 7.82. The fraction of sp³-hybridized carbons (Fsp3) is 0.240. The Morgan fingerprint density at radius 3 is 2.44 bits per heavy atom. The highest BCUT2D eigenvalue weighted by atomic mass is 79.9. The summed E-state index contributed by atoms with van der Waals surface area (Å²) >= 11 is 3.52. The van der Waals surface area contributed by atoms with Crippen LogP contribution >= 0.6 is 15.9 Å². The van der Waals surface area contributed by atoms with E-state index in [2.05, 4.69) is 29.1 Å². The van der Waals surface area contributed by atoms with E-state index in [1.807, 2.05) is 19.9 Å². The van der Waals surface area contributed by atoms with Crippen molar-refractivity contribution in [3.63, 3.8) is 0 Å². The number of allylic oxidation sites excluding steroid dienone is 4. The van der Waals surface area contributed by atoms with E-state index in [1.54, 1.807) is 25.3 Å². The highest BCUT2D eigenvalue weighted by molar-refractivity contribution is 9.10. The number of ether oxygens (including phenoxy) is 4. The van der Waals surface area contributed by atoms with Gasteiger partial charge in [0.05, 0.1) is 25.9 Å². The van der Waals surface area contributed by atoms with E-state index < -0.39 is 11.8 Å². The third-order valence-corrected chi connectivity index (χ3v) is 5.09. The van der Waals surface area contributed by atoms with Gasteiger partial charge in [0.25, 0.3) is 0 Å². The SMILES string of the molecule is C=C/C=C(\C(=C)F)c1cc(OCc2cc(OC(C)C)c(OC)cc2Br)ccc1C(=O)OC. The topological polar surface area (TPSA) is 54.0 Å². The molecule has 0 amide bonds. The fourth-order valence-corrected chi connectivity index (χ4v) is 3.36. The standard InChI is InChI=1S/C25H26BrFO5/c1-7-8-19(16(4)27)21-12-18(9-10-20(21)25(28)30-6)31-14-17-11-24(32-15(2)3)23(29-5)13-22(17)26/h7-13,15H,1,4,14H2,2-3,5-6H3/b19-8+. The number of methoxy groups -OCH3 is 2. The molecule has 32 heavy (non-hydrogen) atoms. The van der Waals surface area contributed by atoms with Crippen LogP contribution in [0.3, 0.4) is 0 Å². The molecule has 7 heteroatoms. The van der Waals surface area contributed by atoms with Crippen LogP contribution in [0.15, 0.2) is 65.9 Å². The molecule has 0 N–H and O–H groups in total. The van der Waals surface area contributed by atoms with Crippen molar-refractivity contribution in [3.05, 3.63) is 82.6 Å². The van der Waals surface area contributed by atoms with Crippen LogP contribution in [0.2, 0.25) is 0 Å². The van der Waals surface area contributed by atoms with Crippen LogP contribution in [-0.2, 0) is 11.3 Å². The molecule has 0 heterocycles. The predicted molar refractivity (Wildman–Crippen MR) is 127 cm³/mol. The molecule has 0 unspecified atom stereocenters. The second kappa shape index (κ2) is 11.5. The fourth-order valence-electron chi connectivity index (χ4n) is 2.92. The summed E-state index contributed by atoms with van der Waals surface area (Å²) < 4.78 is 36.8. The van der Waals surface area contributed by atoms with E-state index in [-0.39, 0.29) is 23.8 Å². The number of halogens is 2. The van der Waals surface area contributed by atoms with Gasteiger partial charge in [0, 0.05) is 21.2 Å². The minimum absolute atomic E-state index is 0.0314. The normalized spacial score (nSPS) is 11.2. The zero-order valence-electron chi connectivity index (χ0n) is 18.5. The van der Waals surface area contributed by atoms with Crippen LogP contribution in [0.4, 0.5) is 4.39 Å². The summed E-state index contributed by atoms with van der Waals surface area (Å²) in [5.74, 6) is 0.310. The Balaban J connectivity index is 2.41. The summed E-state index contributed by atoms with van der Waals surface area (Å²) in [7, 11) is 2.83. The minimum atomic E-state index is -0.708. The third kappa shape index (κ3) is 6.23. The lowest BCUT2D eigenvalue weighted by atomic mass is 9.98. The molecule has 170 valence electrons. The molecule has 2 rings (SSSR count). The van der Waals surface area contributed by atoms with Gasteiger partial charge in [-0.25, -0.2) is 9.18 Å². The van der Waals surface area contributed by atoms with Gasteiger partial charge >= 0.3 is 5.97 Å². The van der Waals surface area contributed by atoms with Crippen LogP contribution in [0, 0.1) is 0 Å². The van der Waals surface area contributed by atoms with Crippen LogP contribution < -0.4 is 14.2 Å². The Hall–Kier alpha value is -3.06. The van der Waals surface area contributed by atoms with Crippen LogP contribution in [0.25, 0.3) is 5.57 Å². The average molecular weight is 505 g/mol. The van der Waals surface area contributed by atoms with Gasteiger partial charge in [-0.1, -0.05) is 41.2 Å². The first-order chi connectivity index (χ1) is 15.2. The summed E-state index contributed by atoms with van der Waals surface area (Å²) in [6.07, 6.45) is 2.82. The van der Waals surface area contributed by atoms with Crippen molar-refractivity contribution < 1.29 is 28.1 Å². The summed E-state index contributed by atoms with van der Waals surface area (Å²) in [5, 5.41) is 0. The van der Waals surface area contributed by atoms with Gasteiger partial charge in [-0.2, -0.15) is 0 Å². The van der Waals surface area contributed by atoms with Crippen LogP contribution in [-0.4, -0.2) is 26.3 Å². The first-order valence-corrected chi connectivity index (χ1v) is 10.6. The first kappa shape index (κ1) is 25.2. The van der Waals surface area contributed by atoms with Crippen molar-refractivity contribution in [2.24, 2.45) is 0 Å². The molecule has 0 saturated heterocycles. The summed E-state index contributed by atoms with van der Waals surface area (Å²) in [6.45, 7) is 11.0. The van der Waals surface area contributed by atoms with Gasteiger partial charge in [-0.15, -0.1) is 0 Å². The van der Waals surface area contributed by atoms with Gasteiger partial charge in [0.1, 0.15) is 18.2 Å². The van der Waals surface area contributed by atoms with Gasteiger partial charge < -0.3 is 18.9 Å². The quantitative estimate of drug-likeness (QED) is 0.267. The maximum absolute atomic E-state index is 14.1. The zero-order chi connectivity index (χ0) is 23.8. The Morgan fingerprint density at radius 2 is 1.88 bits per heavy atom. The Morgan fingerprint density at radius 1 is 1.16 bits per heavy atom. The van der Waals surface area contributed by atoms with E-state index in [4.69, 9.17) is 18.9 Å². The Bertz CT molecular complexity index is 1040. The molecular formula is C25H26BrFO5. The van der Waals surface area contributed by atoms with Crippen molar-refractivity contribution in [3.8, 4) is 17.2 Å². The molecule has 0 aliphatic rings. The molecule has 0 spiro atoms. The van der Waals surface area contributed by atoms with Crippen LogP contribution in [0.5, 0.6) is 17.2 Å². The summed E-state index contributed by atoms with van der Waals surface area (Å²) in [6, 6.07) is 8.34. The van der Waals surface area contributed by atoms with Crippen LogP contribution in [0.1, 0.15) is 35.3 Å². The van der Waals surface area contributed by atoms with Crippen molar-refractivity contribution in [1.82, 2.24) is 0 Å². The first-order valence-electron chi connectivity index (χ1n) is 9.77. The highest BCUT2D eigenvalue weighted by Gasteiger charge is 2.18. The lowest BCUT2D eigenvalue weighted by Gasteiger charge is -2.17. The van der Waals surface area contributed by atoms with Crippen molar-refractivity contribution in [2.75, 3.05) is 14.2 Å². The molecule has 5 nitrogen and oxygen atoms in total. The Labute approximate surface area is 196 Å². The monoisotopic (exact) mass is 504 g/mol. The van der Waals surface area contributed by atoms with Gasteiger partial charge in [-0.05, 0) is 44.2 Å². The molecule has 0 aromatic heterocycles. The molecule has 0 atom stereocenters. The molecular weight excluding hydrogens is 479 g/mol. The molecule has 0 saturated carbocycles. The molecule has 0 aliphatic heterocycles. The number of carbonyl (C=O) groups is 1. The number of hydrogen-bond acceptors (Lipinski definition) is 5. The smallest absolute Gasteiger partial charge is 0.338 e. The maximum Gasteiger partial charge on any atom is 0.338 e. The molecule has 2 aromatic carbocycles. The zero-order valence-corrected chi connectivity index (χ0v) is 20.1. The number of rotatable bonds is 10. The molecule has 0 bridgehead atoms. The van der Waals surface area contributed by atoms with Crippen molar-refractivity contribution in [2.45, 2.75) is 26.6 Å². The lowest BCUT2D eigenvalue weighted by Crippen LogP contribution is -2.08. The van der Waals surface area contributed by atoms with E-state index in [1.165, 1.54) is 25.3 Å². The van der Waals surface area contributed by atoms with Gasteiger partial charge in [-0.3, -0.25) is 0 Å². The predicted octanol–water partition coefficient (Wildman–Crippen LogP) is 6.66. The lowest BCUT2D eigenvalue weighted by molar-refractivity contribution is 0.0600. The molecule has 2 aromatic rings. The largest absolute Gasteiger partial charge is 0.493 e. The van der Waals surface area contributed by atoms with E-state index in [0.29, 0.717) is 22.8 Å². The molecule has 0 aliphatic carbocycles. The van der Waals surface area contributed by atoms with E-state index >= 15 is 0 Å². The van der Waals surface area contributed by atoms with Crippen molar-refractivity contribution >= 4 is 27.5 Å². The number of hydrogen-bond donors (Lipinski definition) is 0. The summed E-state index contributed by atoms with van der Waals surface area (Å²) in [5.41, 5.74) is 1.41. The minimum Gasteiger partial charge on any atom is -0.493 e. The third-order valence-electron chi connectivity index (χ3n) is 4.35. The van der Waals surface area contributed by atoms with E-state index in [9.17, 15) is 9.18 Å².